The molecule has 2 aromatic rings. The maximum Gasteiger partial charge on any atom is 0.351 e. The van der Waals surface area contributed by atoms with E-state index in [4.69, 9.17) is 5.73 Å². The van der Waals surface area contributed by atoms with Crippen molar-refractivity contribution in [3.8, 4) is 17.4 Å². The predicted molar refractivity (Wildman–Crippen MR) is 90.0 cm³/mol. The minimum Gasteiger partial charge on any atom is -0.508 e. The summed E-state index contributed by atoms with van der Waals surface area (Å²) in [7, 11) is 0. The van der Waals surface area contributed by atoms with Crippen molar-refractivity contribution in [2.45, 2.75) is 13.8 Å². The second-order valence-electron chi connectivity index (χ2n) is 4.83. The molecule has 2 rings (SSSR count). The first-order valence-electron chi connectivity index (χ1n) is 6.46. The fraction of sp³-hybridized carbons (Fsp3) is 0.133. The maximum absolute atomic E-state index is 11.8. The van der Waals surface area contributed by atoms with E-state index in [0.29, 0.717) is 0 Å². The molecular weight excluding hydrogens is 340 g/mol. The Morgan fingerprint density at radius 2 is 1.75 bits per heavy atom. The van der Waals surface area contributed by atoms with Gasteiger partial charge in [0.05, 0.1) is 11.4 Å². The van der Waals surface area contributed by atoms with E-state index in [0.717, 1.165) is 6.92 Å². The van der Waals surface area contributed by atoms with Crippen molar-refractivity contribution in [3.05, 3.63) is 39.7 Å². The number of hydrogen-bond donors (Lipinski definition) is 4. The summed E-state index contributed by atoms with van der Waals surface area (Å²) in [5.41, 5.74) is 4.15. The van der Waals surface area contributed by atoms with E-state index < -0.39 is 28.7 Å². The van der Waals surface area contributed by atoms with Crippen LogP contribution in [0.15, 0.2) is 32.4 Å². The van der Waals surface area contributed by atoms with Gasteiger partial charge in [0.1, 0.15) is 22.6 Å². The minimum absolute atomic E-state index is 0. The number of carbonyl (C=O) groups excluding carboxylic acids is 1. The molecular formula is C15H15ClN2O6. The van der Waals surface area contributed by atoms with Gasteiger partial charge in [-0.05, 0) is 19.9 Å². The van der Waals surface area contributed by atoms with Crippen molar-refractivity contribution < 1.29 is 24.5 Å². The lowest BCUT2D eigenvalue weighted by molar-refractivity contribution is 0.100. The van der Waals surface area contributed by atoms with Crippen LogP contribution in [-0.4, -0.2) is 26.8 Å². The molecule has 1 aromatic heterocycles. The highest BCUT2D eigenvalue weighted by Crippen LogP contribution is 2.30. The Morgan fingerprint density at radius 1 is 1.12 bits per heavy atom. The number of ketones is 1. The molecule has 0 amide bonds. The highest BCUT2D eigenvalue weighted by molar-refractivity contribution is 6.07. The summed E-state index contributed by atoms with van der Waals surface area (Å²) >= 11 is 0. The molecule has 0 unspecified atom stereocenters. The zero-order valence-corrected chi connectivity index (χ0v) is 13.5. The van der Waals surface area contributed by atoms with Gasteiger partial charge in [-0.2, -0.15) is 0 Å². The molecule has 9 heteroatoms. The molecule has 128 valence electrons. The first-order chi connectivity index (χ1) is 10.7. The van der Waals surface area contributed by atoms with Gasteiger partial charge in [0.2, 0.25) is 0 Å². The molecule has 8 nitrogen and oxygen atoms in total. The number of phenolic OH excluding ortho intramolecular Hbond substituents is 1. The van der Waals surface area contributed by atoms with Crippen molar-refractivity contribution >= 4 is 35.3 Å². The van der Waals surface area contributed by atoms with Crippen molar-refractivity contribution in [1.29, 1.82) is 0 Å². The van der Waals surface area contributed by atoms with Crippen LogP contribution in [0.1, 0.15) is 29.8 Å². The van der Waals surface area contributed by atoms with Gasteiger partial charge in [-0.3, -0.25) is 9.79 Å². The summed E-state index contributed by atoms with van der Waals surface area (Å²) in [6, 6.07) is 4.05. The number of nitrogens with zero attached hydrogens (tertiary/aromatic N) is 1. The lowest BCUT2D eigenvalue weighted by Crippen LogP contribution is -2.15. The Balaban J connectivity index is 0.00000288. The molecule has 0 atom stereocenters. The number of rotatable bonds is 3. The van der Waals surface area contributed by atoms with E-state index in [9.17, 15) is 24.9 Å². The number of hydrogen-bond acceptors (Lipinski definition) is 8. The monoisotopic (exact) mass is 354 g/mol. The first kappa shape index (κ1) is 19.0. The molecule has 5 N–H and O–H groups in total. The predicted octanol–water partition coefficient (Wildman–Crippen LogP) is 2.10. The number of Topliss-reactive ketones (excluding diaryl/α,β-unsaturated/α-hetero) is 1. The Morgan fingerprint density at radius 3 is 2.29 bits per heavy atom. The quantitative estimate of drug-likeness (QED) is 0.375. The van der Waals surface area contributed by atoms with Gasteiger partial charge in [0.25, 0.3) is 5.95 Å². The van der Waals surface area contributed by atoms with E-state index in [2.05, 4.69) is 9.41 Å². The van der Waals surface area contributed by atoms with Crippen LogP contribution in [0.4, 0.5) is 11.4 Å². The fourth-order valence-corrected chi connectivity index (χ4v) is 2.08. The highest BCUT2D eigenvalue weighted by Gasteiger charge is 2.23. The van der Waals surface area contributed by atoms with Crippen molar-refractivity contribution in [1.82, 2.24) is 0 Å². The van der Waals surface area contributed by atoms with Crippen molar-refractivity contribution in [2.24, 2.45) is 4.99 Å². The number of halogens is 1. The van der Waals surface area contributed by atoms with E-state index in [1.165, 1.54) is 25.1 Å². The van der Waals surface area contributed by atoms with Gasteiger partial charge in [0.15, 0.2) is 5.78 Å². The Bertz CT molecular complexity index is 868. The van der Waals surface area contributed by atoms with Crippen LogP contribution in [0.2, 0.25) is 0 Å². The topological polar surface area (TPSA) is 146 Å². The average Bonchev–Trinajstić information content (AvgIpc) is 2.35. The average molecular weight is 355 g/mol. The standard InChI is InChI=1S/C15H14N2O6.ClH/c1-6(17-9-3-8(16)4-10(19)5-9)11-13(20)12(7(2)18)15(22)23-14(11)21;/h3-5,19-20,22H,16H2,1-2H3;1H. The molecule has 0 radical (unpaired) electrons. The summed E-state index contributed by atoms with van der Waals surface area (Å²) in [5.74, 6) is -2.49. The van der Waals surface area contributed by atoms with Crippen molar-refractivity contribution in [2.75, 3.05) is 5.73 Å². The molecule has 0 aliphatic heterocycles. The lowest BCUT2D eigenvalue weighted by atomic mass is 10.1. The zero-order chi connectivity index (χ0) is 17.3. The molecule has 1 heterocycles. The second-order valence-corrected chi connectivity index (χ2v) is 4.83. The summed E-state index contributed by atoms with van der Waals surface area (Å²) in [4.78, 5) is 27.4. The van der Waals surface area contributed by atoms with E-state index in [1.54, 1.807) is 0 Å². The van der Waals surface area contributed by atoms with Crippen LogP contribution in [-0.2, 0) is 0 Å². The first-order valence-corrected chi connectivity index (χ1v) is 6.46. The lowest BCUT2D eigenvalue weighted by Gasteiger charge is -2.07. The van der Waals surface area contributed by atoms with Gasteiger partial charge in [-0.1, -0.05) is 0 Å². The van der Waals surface area contributed by atoms with Gasteiger partial charge >= 0.3 is 5.63 Å². The summed E-state index contributed by atoms with van der Waals surface area (Å²) in [6.45, 7) is 2.49. The van der Waals surface area contributed by atoms with Crippen LogP contribution in [0.5, 0.6) is 17.4 Å². The van der Waals surface area contributed by atoms with Crippen LogP contribution in [0.3, 0.4) is 0 Å². The SMILES string of the molecule is CC(=O)c1c(O)oc(=O)c(C(C)=Nc2cc(N)cc(O)c2)c1O.Cl. The number of anilines is 1. The number of aliphatic imine (C=N–C) groups is 1. The van der Waals surface area contributed by atoms with Gasteiger partial charge in [0, 0.05) is 17.8 Å². The third-order valence-electron chi connectivity index (χ3n) is 3.02. The minimum atomic E-state index is -1.06. The van der Waals surface area contributed by atoms with Crippen LogP contribution >= 0.6 is 12.4 Å². The number of benzene rings is 1. The Hall–Kier alpha value is -3.00. The maximum atomic E-state index is 11.8. The smallest absolute Gasteiger partial charge is 0.351 e. The van der Waals surface area contributed by atoms with Crippen LogP contribution < -0.4 is 11.4 Å². The van der Waals surface area contributed by atoms with Gasteiger partial charge < -0.3 is 25.5 Å². The largest absolute Gasteiger partial charge is 0.508 e. The van der Waals surface area contributed by atoms with Gasteiger partial charge in [-0.15, -0.1) is 12.4 Å². The third kappa shape index (κ3) is 3.66. The molecule has 0 aliphatic rings. The number of nitrogens with two attached hydrogens (primary N) is 1. The molecule has 0 saturated carbocycles. The molecule has 1 aromatic carbocycles. The number of aromatic hydroxyl groups is 3. The van der Waals surface area contributed by atoms with Crippen LogP contribution in [0.25, 0.3) is 0 Å². The third-order valence-corrected chi connectivity index (χ3v) is 3.02. The molecule has 0 aliphatic carbocycles. The summed E-state index contributed by atoms with van der Waals surface area (Å²) < 4.78 is 4.55. The number of carbonyl (C=O) groups is 1. The Kier molecular flexibility index (Phi) is 5.60. The normalized spacial score (nSPS) is 11.0. The highest BCUT2D eigenvalue weighted by atomic mass is 35.5. The Labute approximate surface area is 142 Å². The molecule has 0 bridgehead atoms. The summed E-state index contributed by atoms with van der Waals surface area (Å²) in [5, 5.41) is 29.0. The molecule has 0 saturated heterocycles. The fourth-order valence-electron chi connectivity index (χ4n) is 2.08. The second kappa shape index (κ2) is 7.05. The van der Waals surface area contributed by atoms with Crippen molar-refractivity contribution in [3.63, 3.8) is 0 Å². The van der Waals surface area contributed by atoms with E-state index in [-0.39, 0.29) is 40.8 Å². The summed E-state index contributed by atoms with van der Waals surface area (Å²) in [6.07, 6.45) is 0. The van der Waals surface area contributed by atoms with E-state index in [1.807, 2.05) is 0 Å². The van der Waals surface area contributed by atoms with Crippen LogP contribution in [0, 0.1) is 0 Å². The zero-order valence-electron chi connectivity index (χ0n) is 12.7. The number of nitrogen functional groups attached to an aromatic ring is 1. The molecule has 24 heavy (non-hydrogen) atoms. The van der Waals surface area contributed by atoms with Gasteiger partial charge in [-0.25, -0.2) is 4.79 Å². The molecule has 0 fully saturated rings. The number of phenols is 1. The van der Waals surface area contributed by atoms with E-state index >= 15 is 0 Å². The molecule has 0 spiro atoms.